The number of rotatable bonds is 4. The summed E-state index contributed by atoms with van der Waals surface area (Å²) in [5.41, 5.74) is 2.63. The van der Waals surface area contributed by atoms with Crippen LogP contribution in [0.15, 0.2) is 32.9 Å². The van der Waals surface area contributed by atoms with Crippen molar-refractivity contribution < 1.29 is 4.79 Å². The molecule has 0 unspecified atom stereocenters. The van der Waals surface area contributed by atoms with Crippen molar-refractivity contribution in [1.29, 1.82) is 0 Å². The number of amides is 1. The van der Waals surface area contributed by atoms with Crippen LogP contribution < -0.4 is 0 Å². The van der Waals surface area contributed by atoms with Gasteiger partial charge in [0.2, 0.25) is 5.91 Å². The van der Waals surface area contributed by atoms with E-state index in [9.17, 15) is 4.79 Å². The lowest BCUT2D eigenvalue weighted by Crippen LogP contribution is -2.37. The predicted molar refractivity (Wildman–Crippen MR) is 88.0 cm³/mol. The second-order valence-electron chi connectivity index (χ2n) is 4.66. The molecule has 21 heavy (non-hydrogen) atoms. The number of hydrogen-bond donors (Lipinski definition) is 0. The molecule has 0 aliphatic carbocycles. The van der Waals surface area contributed by atoms with Gasteiger partial charge in [0, 0.05) is 13.1 Å². The molecule has 0 saturated carbocycles. The number of thioether (sulfide) groups is 2. The van der Waals surface area contributed by atoms with Gasteiger partial charge in [-0.2, -0.15) is 0 Å². The molecule has 1 amide bonds. The maximum absolute atomic E-state index is 12.3. The summed E-state index contributed by atoms with van der Waals surface area (Å²) in [5, 5.41) is 8.12. The molecule has 1 aromatic carbocycles. The fourth-order valence-electron chi connectivity index (χ4n) is 2.26. The van der Waals surface area contributed by atoms with E-state index in [0.717, 1.165) is 28.2 Å². The van der Waals surface area contributed by atoms with Crippen LogP contribution in [-0.2, 0) is 17.8 Å². The number of aromatic nitrogens is 2. The zero-order chi connectivity index (χ0) is 14.7. The van der Waals surface area contributed by atoms with Gasteiger partial charge in [-0.25, -0.2) is 0 Å². The summed E-state index contributed by atoms with van der Waals surface area (Å²) in [6.07, 6.45) is 2.92. The fourth-order valence-corrected chi connectivity index (χ4v) is 4.60. The van der Waals surface area contributed by atoms with E-state index in [1.165, 1.54) is 22.9 Å². The number of nitrogens with zero attached hydrogens (tertiary/aromatic N) is 3. The van der Waals surface area contributed by atoms with Gasteiger partial charge in [-0.15, -0.1) is 10.2 Å². The molecule has 4 nitrogen and oxygen atoms in total. The van der Waals surface area contributed by atoms with E-state index >= 15 is 0 Å². The number of benzene rings is 1. The van der Waals surface area contributed by atoms with E-state index in [1.54, 1.807) is 23.1 Å². The zero-order valence-corrected chi connectivity index (χ0v) is 14.1. The second kappa shape index (κ2) is 6.81. The SMILES string of the molecule is CSc1nnc(SCC(=O)N2CCc3ccccc3C2)s1. The Kier molecular flexibility index (Phi) is 4.82. The Labute approximate surface area is 136 Å². The summed E-state index contributed by atoms with van der Waals surface area (Å²) in [6, 6.07) is 8.35. The largest absolute Gasteiger partial charge is 0.337 e. The standard InChI is InChI=1S/C14H15N3OS3/c1-19-13-15-16-14(21-13)20-9-12(18)17-7-6-10-4-2-3-5-11(10)8-17/h2-5H,6-9H2,1H3. The van der Waals surface area contributed by atoms with Crippen LogP contribution in [0.4, 0.5) is 0 Å². The Balaban J connectivity index is 1.57. The van der Waals surface area contributed by atoms with Crippen molar-refractivity contribution in [3.8, 4) is 0 Å². The molecule has 110 valence electrons. The smallest absolute Gasteiger partial charge is 0.233 e. The van der Waals surface area contributed by atoms with Crippen molar-refractivity contribution >= 4 is 40.8 Å². The molecule has 0 N–H and O–H groups in total. The monoisotopic (exact) mass is 337 g/mol. The van der Waals surface area contributed by atoms with Crippen LogP contribution in [0.1, 0.15) is 11.1 Å². The molecule has 1 aromatic heterocycles. The average Bonchev–Trinajstić information content (AvgIpc) is 3.00. The van der Waals surface area contributed by atoms with Crippen molar-refractivity contribution in [2.45, 2.75) is 21.6 Å². The lowest BCUT2D eigenvalue weighted by atomic mass is 10.00. The first-order valence-electron chi connectivity index (χ1n) is 6.61. The van der Waals surface area contributed by atoms with E-state index in [0.29, 0.717) is 5.75 Å². The molecule has 3 rings (SSSR count). The minimum atomic E-state index is 0.176. The summed E-state index contributed by atoms with van der Waals surface area (Å²) < 4.78 is 1.81. The highest BCUT2D eigenvalue weighted by Gasteiger charge is 2.20. The van der Waals surface area contributed by atoms with Gasteiger partial charge >= 0.3 is 0 Å². The van der Waals surface area contributed by atoms with Gasteiger partial charge in [0.05, 0.1) is 5.75 Å². The van der Waals surface area contributed by atoms with Gasteiger partial charge in [0.15, 0.2) is 8.68 Å². The van der Waals surface area contributed by atoms with Gasteiger partial charge in [0.25, 0.3) is 0 Å². The van der Waals surface area contributed by atoms with E-state index in [4.69, 9.17) is 0 Å². The number of carbonyl (C=O) groups excluding carboxylic acids is 1. The van der Waals surface area contributed by atoms with Crippen LogP contribution >= 0.6 is 34.9 Å². The molecular formula is C14H15N3OS3. The lowest BCUT2D eigenvalue weighted by Gasteiger charge is -2.28. The molecule has 7 heteroatoms. The van der Waals surface area contributed by atoms with Gasteiger partial charge in [-0.1, -0.05) is 59.1 Å². The highest BCUT2D eigenvalue weighted by molar-refractivity contribution is 8.03. The van der Waals surface area contributed by atoms with Crippen LogP contribution in [0.25, 0.3) is 0 Å². The quantitative estimate of drug-likeness (QED) is 0.803. The Hall–Kier alpha value is -1.05. The zero-order valence-electron chi connectivity index (χ0n) is 11.6. The van der Waals surface area contributed by atoms with E-state index in [1.807, 2.05) is 17.2 Å². The van der Waals surface area contributed by atoms with Crippen LogP contribution in [0.5, 0.6) is 0 Å². The van der Waals surface area contributed by atoms with Crippen molar-refractivity contribution in [2.75, 3.05) is 18.6 Å². The van der Waals surface area contributed by atoms with E-state index in [2.05, 4.69) is 28.4 Å². The molecule has 0 radical (unpaired) electrons. The van der Waals surface area contributed by atoms with E-state index in [-0.39, 0.29) is 5.91 Å². The Morgan fingerprint density at radius 2 is 2.05 bits per heavy atom. The van der Waals surface area contributed by atoms with E-state index < -0.39 is 0 Å². The van der Waals surface area contributed by atoms with Gasteiger partial charge in [0.1, 0.15) is 0 Å². The third kappa shape index (κ3) is 3.59. The minimum absolute atomic E-state index is 0.176. The maximum atomic E-state index is 12.3. The van der Waals surface area contributed by atoms with Gasteiger partial charge < -0.3 is 4.90 Å². The average molecular weight is 337 g/mol. The molecule has 2 heterocycles. The Morgan fingerprint density at radius 1 is 1.29 bits per heavy atom. The van der Waals surface area contributed by atoms with Crippen molar-refractivity contribution in [1.82, 2.24) is 15.1 Å². The number of hydrogen-bond acceptors (Lipinski definition) is 6. The Morgan fingerprint density at radius 3 is 2.81 bits per heavy atom. The molecule has 2 aromatic rings. The third-order valence-electron chi connectivity index (χ3n) is 3.37. The molecule has 0 spiro atoms. The highest BCUT2D eigenvalue weighted by atomic mass is 32.2. The molecule has 0 fully saturated rings. The number of fused-ring (bicyclic) bond motifs is 1. The number of carbonyl (C=O) groups is 1. The molecule has 1 aliphatic rings. The maximum Gasteiger partial charge on any atom is 0.233 e. The first kappa shape index (κ1) is 14.9. The molecule has 0 atom stereocenters. The molecule has 0 bridgehead atoms. The summed E-state index contributed by atoms with van der Waals surface area (Å²) in [4.78, 5) is 14.3. The third-order valence-corrected chi connectivity index (χ3v) is 6.38. The van der Waals surface area contributed by atoms with Crippen LogP contribution in [0.2, 0.25) is 0 Å². The van der Waals surface area contributed by atoms with Gasteiger partial charge in [-0.3, -0.25) is 4.79 Å². The molecule has 0 saturated heterocycles. The van der Waals surface area contributed by atoms with Crippen molar-refractivity contribution in [3.05, 3.63) is 35.4 Å². The minimum Gasteiger partial charge on any atom is -0.337 e. The lowest BCUT2D eigenvalue weighted by molar-refractivity contribution is -0.129. The second-order valence-corrected chi connectivity index (χ2v) is 7.91. The molecule has 1 aliphatic heterocycles. The van der Waals surface area contributed by atoms with Crippen LogP contribution in [0, 0.1) is 0 Å². The fraction of sp³-hybridized carbons (Fsp3) is 0.357. The van der Waals surface area contributed by atoms with Crippen LogP contribution in [0.3, 0.4) is 0 Å². The molecular weight excluding hydrogens is 322 g/mol. The first-order valence-corrected chi connectivity index (χ1v) is 9.64. The van der Waals surface area contributed by atoms with Gasteiger partial charge in [-0.05, 0) is 23.8 Å². The van der Waals surface area contributed by atoms with Crippen molar-refractivity contribution in [3.63, 3.8) is 0 Å². The first-order chi connectivity index (χ1) is 10.3. The highest BCUT2D eigenvalue weighted by Crippen LogP contribution is 2.28. The topological polar surface area (TPSA) is 46.1 Å². The summed E-state index contributed by atoms with van der Waals surface area (Å²) in [7, 11) is 0. The summed E-state index contributed by atoms with van der Waals surface area (Å²) in [6.45, 7) is 1.53. The normalized spacial score (nSPS) is 14.0. The summed E-state index contributed by atoms with van der Waals surface area (Å²) >= 11 is 4.60. The van der Waals surface area contributed by atoms with Crippen molar-refractivity contribution in [2.24, 2.45) is 0 Å². The predicted octanol–water partition coefficient (Wildman–Crippen LogP) is 2.94. The summed E-state index contributed by atoms with van der Waals surface area (Å²) in [5.74, 6) is 0.612. The Bertz CT molecular complexity index is 644. The van der Waals surface area contributed by atoms with Crippen LogP contribution in [-0.4, -0.2) is 39.6 Å².